The third kappa shape index (κ3) is 4.54. The molecule has 130 valence electrons. The quantitative estimate of drug-likeness (QED) is 0.649. The fourth-order valence-corrected chi connectivity index (χ4v) is 2.94. The van der Waals surface area contributed by atoms with Gasteiger partial charge in [0.2, 0.25) is 0 Å². The van der Waals surface area contributed by atoms with Crippen LogP contribution >= 0.6 is 12.2 Å². The molecule has 0 fully saturated rings. The van der Waals surface area contributed by atoms with Crippen molar-refractivity contribution in [1.82, 2.24) is 10.7 Å². The first-order valence-corrected chi connectivity index (χ1v) is 8.58. The molecule has 1 aliphatic rings. The van der Waals surface area contributed by atoms with Crippen LogP contribution in [-0.4, -0.2) is 17.9 Å². The van der Waals surface area contributed by atoms with Gasteiger partial charge >= 0.3 is 0 Å². The van der Waals surface area contributed by atoms with Crippen LogP contribution in [0.25, 0.3) is 0 Å². The summed E-state index contributed by atoms with van der Waals surface area (Å²) in [5.74, 6) is 0.618. The number of aryl methyl sites for hydroxylation is 1. The minimum Gasteiger partial charge on any atom is -0.497 e. The van der Waals surface area contributed by atoms with Gasteiger partial charge < -0.3 is 10.1 Å². The Morgan fingerprint density at radius 2 is 2.00 bits per heavy atom. The average molecular weight is 357 g/mol. The summed E-state index contributed by atoms with van der Waals surface area (Å²) in [6.45, 7) is 0.519. The molecule has 1 aliphatic carbocycles. The Labute approximate surface area is 152 Å². The number of hydrogen-bond donors (Lipinski definition) is 2. The maximum Gasteiger partial charge on any atom is 0.187 e. The molecule has 0 saturated heterocycles. The van der Waals surface area contributed by atoms with E-state index in [9.17, 15) is 4.39 Å². The van der Waals surface area contributed by atoms with E-state index >= 15 is 0 Å². The molecule has 0 heterocycles. The van der Waals surface area contributed by atoms with Gasteiger partial charge in [0, 0.05) is 12.1 Å². The van der Waals surface area contributed by atoms with E-state index in [-0.39, 0.29) is 5.82 Å². The lowest BCUT2D eigenvalue weighted by Crippen LogP contribution is -2.32. The van der Waals surface area contributed by atoms with Crippen LogP contribution in [0, 0.1) is 5.82 Å². The van der Waals surface area contributed by atoms with Gasteiger partial charge in [0.05, 0.1) is 12.8 Å². The van der Waals surface area contributed by atoms with E-state index in [2.05, 4.69) is 21.9 Å². The molecule has 4 nitrogen and oxygen atoms in total. The summed E-state index contributed by atoms with van der Waals surface area (Å²) in [5.41, 5.74) is 7.24. The highest BCUT2D eigenvalue weighted by Crippen LogP contribution is 2.25. The first kappa shape index (κ1) is 17.4. The van der Waals surface area contributed by atoms with Gasteiger partial charge in [-0.1, -0.05) is 12.1 Å². The molecule has 0 aliphatic heterocycles. The summed E-state index contributed by atoms with van der Waals surface area (Å²) < 4.78 is 18.2. The highest BCUT2D eigenvalue weighted by Gasteiger charge is 2.16. The van der Waals surface area contributed by atoms with Gasteiger partial charge in [-0.25, -0.2) is 4.39 Å². The van der Waals surface area contributed by atoms with Crippen LogP contribution in [0.5, 0.6) is 5.75 Å². The topological polar surface area (TPSA) is 45.6 Å². The number of fused-ring (bicyclic) bond motifs is 1. The molecule has 2 aromatic carbocycles. The minimum atomic E-state index is -0.247. The standard InChI is InChI=1S/C19H20FN3OS/c1-24-16-9-10-17-14(11-16)3-2-4-18(17)22-23-19(25)21-12-13-5-7-15(20)8-6-13/h5-11H,2-4,12H2,1H3,(H2,21,23,25)/b22-18-. The lowest BCUT2D eigenvalue weighted by atomic mass is 9.90. The van der Waals surface area contributed by atoms with E-state index in [4.69, 9.17) is 17.0 Å². The molecule has 0 aromatic heterocycles. The van der Waals surface area contributed by atoms with Crippen molar-refractivity contribution in [1.29, 1.82) is 0 Å². The smallest absolute Gasteiger partial charge is 0.187 e. The van der Waals surface area contributed by atoms with E-state index in [1.165, 1.54) is 17.7 Å². The highest BCUT2D eigenvalue weighted by molar-refractivity contribution is 7.80. The summed E-state index contributed by atoms with van der Waals surface area (Å²) >= 11 is 5.26. The zero-order chi connectivity index (χ0) is 17.6. The van der Waals surface area contributed by atoms with Crippen LogP contribution in [0.4, 0.5) is 4.39 Å². The predicted octanol–water partition coefficient (Wildman–Crippen LogP) is 3.54. The number of ether oxygens (including phenoxy) is 1. The fraction of sp³-hybridized carbons (Fsp3) is 0.263. The third-order valence-electron chi connectivity index (χ3n) is 4.14. The minimum absolute atomic E-state index is 0.247. The van der Waals surface area contributed by atoms with Crippen molar-refractivity contribution >= 4 is 23.0 Å². The van der Waals surface area contributed by atoms with E-state index in [0.717, 1.165) is 41.9 Å². The molecule has 2 N–H and O–H groups in total. The molecular weight excluding hydrogens is 337 g/mol. The van der Waals surface area contributed by atoms with Gasteiger partial charge in [-0.05, 0) is 72.9 Å². The molecule has 6 heteroatoms. The van der Waals surface area contributed by atoms with Gasteiger partial charge in [-0.3, -0.25) is 5.43 Å². The molecule has 0 radical (unpaired) electrons. The zero-order valence-corrected chi connectivity index (χ0v) is 14.8. The Morgan fingerprint density at radius 3 is 2.76 bits per heavy atom. The second-order valence-corrected chi connectivity index (χ2v) is 6.26. The predicted molar refractivity (Wildman–Crippen MR) is 101 cm³/mol. The molecule has 0 atom stereocenters. The summed E-state index contributed by atoms with van der Waals surface area (Å²) in [4.78, 5) is 0. The van der Waals surface area contributed by atoms with E-state index in [0.29, 0.717) is 11.7 Å². The maximum absolute atomic E-state index is 12.9. The van der Waals surface area contributed by atoms with Crippen LogP contribution in [0.1, 0.15) is 29.5 Å². The van der Waals surface area contributed by atoms with Crippen molar-refractivity contribution in [3.8, 4) is 5.75 Å². The molecule has 0 spiro atoms. The van der Waals surface area contributed by atoms with Gasteiger partial charge in [-0.15, -0.1) is 0 Å². The van der Waals surface area contributed by atoms with Gasteiger partial charge in [-0.2, -0.15) is 5.10 Å². The number of halogens is 1. The van der Waals surface area contributed by atoms with E-state index in [1.54, 1.807) is 19.2 Å². The first-order chi connectivity index (χ1) is 12.2. The maximum atomic E-state index is 12.9. The van der Waals surface area contributed by atoms with Gasteiger partial charge in [0.25, 0.3) is 0 Å². The molecule has 0 saturated carbocycles. The lowest BCUT2D eigenvalue weighted by Gasteiger charge is -2.19. The summed E-state index contributed by atoms with van der Waals surface area (Å²) in [6.07, 6.45) is 2.99. The van der Waals surface area contributed by atoms with Crippen molar-refractivity contribution in [2.24, 2.45) is 5.10 Å². The molecule has 25 heavy (non-hydrogen) atoms. The number of nitrogens with zero attached hydrogens (tertiary/aromatic N) is 1. The van der Waals surface area contributed by atoms with Crippen molar-refractivity contribution in [3.05, 3.63) is 65.0 Å². The van der Waals surface area contributed by atoms with Crippen molar-refractivity contribution in [2.75, 3.05) is 7.11 Å². The molecule has 2 aromatic rings. The number of nitrogens with one attached hydrogen (secondary N) is 2. The number of hydrazone groups is 1. The Morgan fingerprint density at radius 1 is 1.20 bits per heavy atom. The number of rotatable bonds is 4. The molecule has 3 rings (SSSR count). The lowest BCUT2D eigenvalue weighted by molar-refractivity contribution is 0.414. The van der Waals surface area contributed by atoms with Gasteiger partial charge in [0.15, 0.2) is 5.11 Å². The summed E-state index contributed by atoms with van der Waals surface area (Å²) in [6, 6.07) is 12.4. The van der Waals surface area contributed by atoms with Gasteiger partial charge in [0.1, 0.15) is 11.6 Å². The first-order valence-electron chi connectivity index (χ1n) is 8.18. The normalized spacial score (nSPS) is 14.7. The second-order valence-electron chi connectivity index (χ2n) is 5.86. The van der Waals surface area contributed by atoms with Crippen molar-refractivity contribution in [2.45, 2.75) is 25.8 Å². The monoisotopic (exact) mass is 357 g/mol. The number of methoxy groups -OCH3 is 1. The van der Waals surface area contributed by atoms with Crippen LogP contribution in [-0.2, 0) is 13.0 Å². The van der Waals surface area contributed by atoms with Crippen LogP contribution in [0.2, 0.25) is 0 Å². The number of thiocarbonyl (C=S) groups is 1. The van der Waals surface area contributed by atoms with Crippen LogP contribution in [0.3, 0.4) is 0 Å². The molecule has 0 bridgehead atoms. The third-order valence-corrected chi connectivity index (χ3v) is 4.38. The Kier molecular flexibility index (Phi) is 5.60. The van der Waals surface area contributed by atoms with Crippen molar-refractivity contribution < 1.29 is 9.13 Å². The molecule has 0 unspecified atom stereocenters. The second kappa shape index (κ2) is 8.07. The van der Waals surface area contributed by atoms with Crippen LogP contribution in [0.15, 0.2) is 47.6 Å². The SMILES string of the molecule is COc1ccc2c(c1)CCC/C2=N/NC(=S)NCc1ccc(F)cc1. The largest absolute Gasteiger partial charge is 0.497 e. The zero-order valence-electron chi connectivity index (χ0n) is 14.0. The Bertz CT molecular complexity index is 790. The Balaban J connectivity index is 1.60. The number of benzene rings is 2. The van der Waals surface area contributed by atoms with E-state index < -0.39 is 0 Å². The fourth-order valence-electron chi connectivity index (χ4n) is 2.82. The Hall–Kier alpha value is -2.47. The van der Waals surface area contributed by atoms with E-state index in [1.807, 2.05) is 12.1 Å². The van der Waals surface area contributed by atoms with Crippen LogP contribution < -0.4 is 15.5 Å². The molecule has 0 amide bonds. The summed E-state index contributed by atoms with van der Waals surface area (Å²) in [7, 11) is 1.67. The summed E-state index contributed by atoms with van der Waals surface area (Å²) in [5, 5.41) is 7.98. The number of hydrogen-bond acceptors (Lipinski definition) is 3. The van der Waals surface area contributed by atoms with Crippen molar-refractivity contribution in [3.63, 3.8) is 0 Å². The highest BCUT2D eigenvalue weighted by atomic mass is 32.1. The molecular formula is C19H20FN3OS. The average Bonchev–Trinajstić information content (AvgIpc) is 2.65.